The van der Waals surface area contributed by atoms with E-state index in [4.69, 9.17) is 23.7 Å². The Bertz CT molecular complexity index is 640. The summed E-state index contributed by atoms with van der Waals surface area (Å²) in [7, 11) is 0. The van der Waals surface area contributed by atoms with E-state index in [0.29, 0.717) is 0 Å². The number of aliphatic hydroxyl groups is 10. The molecule has 0 aromatic heterocycles. The van der Waals surface area contributed by atoms with Crippen LogP contribution < -0.4 is 0 Å². The Morgan fingerprint density at radius 1 is 0.529 bits per heavy atom. The van der Waals surface area contributed by atoms with Crippen molar-refractivity contribution in [3.63, 3.8) is 0 Å². The van der Waals surface area contributed by atoms with Crippen molar-refractivity contribution in [2.24, 2.45) is 0 Å². The molecule has 0 aromatic rings. The van der Waals surface area contributed by atoms with Gasteiger partial charge in [0.25, 0.3) is 0 Å². The van der Waals surface area contributed by atoms with E-state index in [1.165, 1.54) is 0 Å². The van der Waals surface area contributed by atoms with Crippen LogP contribution in [-0.4, -0.2) is 163 Å². The Hall–Kier alpha value is -0.670. The highest BCUT2D eigenvalue weighted by Gasteiger charge is 2.53. The van der Waals surface area contributed by atoms with Crippen LogP contribution >= 0.6 is 0 Å². The Balaban J connectivity index is 1.72. The van der Waals surface area contributed by atoms with Crippen LogP contribution in [0.5, 0.6) is 0 Å². The number of hydrogen-bond donors (Lipinski definition) is 10. The first-order valence-electron chi connectivity index (χ1n) is 10.6. The van der Waals surface area contributed by atoms with E-state index in [9.17, 15) is 55.5 Å². The number of aliphatic hydroxyl groups excluding tert-OH is 10. The zero-order valence-corrected chi connectivity index (χ0v) is 17.7. The second-order valence-corrected chi connectivity index (χ2v) is 8.29. The quantitative estimate of drug-likeness (QED) is 0.154. The van der Waals surface area contributed by atoms with Crippen LogP contribution in [0.3, 0.4) is 0 Å². The molecule has 0 spiro atoms. The summed E-state index contributed by atoms with van der Waals surface area (Å²) in [6, 6.07) is 0. The van der Waals surface area contributed by atoms with Crippen LogP contribution in [0.15, 0.2) is 0 Å². The van der Waals surface area contributed by atoms with Gasteiger partial charge in [0.2, 0.25) is 0 Å². The first kappa shape index (κ1) is 27.9. The predicted molar refractivity (Wildman–Crippen MR) is 100 cm³/mol. The summed E-state index contributed by atoms with van der Waals surface area (Å²) in [5.41, 5.74) is 0. The van der Waals surface area contributed by atoms with Crippen LogP contribution in [0, 0.1) is 0 Å². The lowest BCUT2D eigenvalue weighted by atomic mass is 9.96. The number of halogens is 1. The summed E-state index contributed by atoms with van der Waals surface area (Å²) >= 11 is 0. The van der Waals surface area contributed by atoms with Gasteiger partial charge in [-0.2, -0.15) is 0 Å². The number of ether oxygens (including phenoxy) is 5. The van der Waals surface area contributed by atoms with Gasteiger partial charge in [0.05, 0.1) is 19.8 Å². The third-order valence-corrected chi connectivity index (χ3v) is 6.04. The third-order valence-electron chi connectivity index (χ3n) is 6.04. The maximum absolute atomic E-state index is 14.5. The Morgan fingerprint density at radius 2 is 1.00 bits per heavy atom. The van der Waals surface area contributed by atoms with Gasteiger partial charge in [-0.25, -0.2) is 4.39 Å². The fraction of sp³-hybridized carbons (Fsp3) is 1.00. The van der Waals surface area contributed by atoms with Crippen molar-refractivity contribution >= 4 is 0 Å². The highest BCUT2D eigenvalue weighted by atomic mass is 19.1. The molecule has 15 nitrogen and oxygen atoms in total. The minimum absolute atomic E-state index is 0.753. The average molecular weight is 506 g/mol. The lowest BCUT2D eigenvalue weighted by molar-refractivity contribution is -0.375. The molecule has 0 aliphatic carbocycles. The van der Waals surface area contributed by atoms with E-state index in [2.05, 4.69) is 0 Å². The van der Waals surface area contributed by atoms with E-state index in [-0.39, 0.29) is 0 Å². The molecular formula is C18H31FO15. The molecular weight excluding hydrogens is 475 g/mol. The van der Waals surface area contributed by atoms with Gasteiger partial charge in [0.1, 0.15) is 67.1 Å². The Labute approximate surface area is 192 Å². The first-order chi connectivity index (χ1) is 16.0. The fourth-order valence-corrected chi connectivity index (χ4v) is 4.03. The topological polar surface area (TPSA) is 248 Å². The predicted octanol–water partition coefficient (Wildman–Crippen LogP) is -6.60. The van der Waals surface area contributed by atoms with E-state index in [1.807, 2.05) is 0 Å². The maximum Gasteiger partial charge on any atom is 0.187 e. The first-order valence-corrected chi connectivity index (χ1v) is 10.6. The van der Waals surface area contributed by atoms with Gasteiger partial charge in [-0.05, 0) is 0 Å². The van der Waals surface area contributed by atoms with Gasteiger partial charge in [-0.3, -0.25) is 0 Å². The van der Waals surface area contributed by atoms with Gasteiger partial charge in [0.15, 0.2) is 25.0 Å². The van der Waals surface area contributed by atoms with E-state index in [1.54, 1.807) is 0 Å². The normalized spacial score (nSPS) is 52.5. The van der Waals surface area contributed by atoms with Crippen molar-refractivity contribution in [3.8, 4) is 0 Å². The molecule has 3 rings (SSSR count). The summed E-state index contributed by atoms with van der Waals surface area (Å²) in [5, 5.41) is 98.5. The lowest BCUT2D eigenvalue weighted by Crippen LogP contribution is -2.66. The SMILES string of the molecule is OC[C@H]1O[C@@H](O[C@H]2[C@H](O)[C@@H](O)[C@H](O[C@H]3[C@H](F)[C@@H](O)[C@H](O)O[C@@H]3CO)O[C@@H]2CO)[C@H](O)[C@@H](O)[C@H]1O. The molecule has 0 aromatic carbocycles. The smallest absolute Gasteiger partial charge is 0.187 e. The van der Waals surface area contributed by atoms with Crippen molar-refractivity contribution in [1.82, 2.24) is 0 Å². The van der Waals surface area contributed by atoms with Crippen molar-refractivity contribution in [1.29, 1.82) is 0 Å². The van der Waals surface area contributed by atoms with Crippen molar-refractivity contribution in [2.75, 3.05) is 19.8 Å². The van der Waals surface area contributed by atoms with Gasteiger partial charge in [-0.15, -0.1) is 0 Å². The second-order valence-electron chi connectivity index (χ2n) is 8.29. The zero-order valence-electron chi connectivity index (χ0n) is 17.7. The standard InChI is InChI=1S/C18H31FO15/c19-7-9(24)16(29)30-5(2-21)14(7)33-18-13(28)11(26)15(6(3-22)32-18)34-17-12(27)10(25)8(23)4(1-20)31-17/h4-18,20-29H,1-3H2/t4-,5-,6-,7-,8+,9-,10+,11-,12-,13-,14-,15-,16-,17+,18+/m1/s1. The number of alkyl halides is 1. The molecule has 34 heavy (non-hydrogen) atoms. The van der Waals surface area contributed by atoms with Gasteiger partial charge in [0, 0.05) is 0 Å². The van der Waals surface area contributed by atoms with Crippen molar-refractivity contribution in [3.05, 3.63) is 0 Å². The van der Waals surface area contributed by atoms with Crippen LogP contribution in [-0.2, 0) is 23.7 Å². The average Bonchev–Trinajstić information content (AvgIpc) is 2.83. The largest absolute Gasteiger partial charge is 0.394 e. The lowest BCUT2D eigenvalue weighted by Gasteiger charge is -2.47. The molecule has 0 radical (unpaired) electrons. The summed E-state index contributed by atoms with van der Waals surface area (Å²) in [6.45, 7) is -2.44. The molecule has 3 aliphatic rings. The van der Waals surface area contributed by atoms with Crippen molar-refractivity contribution in [2.45, 2.75) is 92.2 Å². The molecule has 3 aliphatic heterocycles. The summed E-state index contributed by atoms with van der Waals surface area (Å²) in [5.74, 6) is 0. The summed E-state index contributed by atoms with van der Waals surface area (Å²) < 4.78 is 40.6. The zero-order chi connectivity index (χ0) is 25.3. The molecule has 200 valence electrons. The van der Waals surface area contributed by atoms with E-state index >= 15 is 0 Å². The molecule has 10 N–H and O–H groups in total. The van der Waals surface area contributed by atoms with E-state index < -0.39 is 112 Å². The number of rotatable bonds is 7. The van der Waals surface area contributed by atoms with Crippen molar-refractivity contribution < 1.29 is 79.1 Å². The monoisotopic (exact) mass is 506 g/mol. The summed E-state index contributed by atoms with van der Waals surface area (Å²) in [4.78, 5) is 0. The molecule has 0 bridgehead atoms. The van der Waals surface area contributed by atoms with Gasteiger partial charge >= 0.3 is 0 Å². The van der Waals surface area contributed by atoms with Gasteiger partial charge in [-0.1, -0.05) is 0 Å². The highest BCUT2D eigenvalue weighted by Crippen LogP contribution is 2.32. The van der Waals surface area contributed by atoms with Gasteiger partial charge < -0.3 is 74.7 Å². The minimum atomic E-state index is -2.29. The summed E-state index contributed by atoms with van der Waals surface area (Å²) in [6.07, 6.45) is -26.7. The minimum Gasteiger partial charge on any atom is -0.394 e. The van der Waals surface area contributed by atoms with Crippen LogP contribution in [0.4, 0.5) is 4.39 Å². The molecule has 0 saturated carbocycles. The molecule has 0 unspecified atom stereocenters. The molecule has 16 heteroatoms. The Morgan fingerprint density at radius 3 is 1.56 bits per heavy atom. The number of hydrogen-bond acceptors (Lipinski definition) is 15. The molecule has 3 heterocycles. The fourth-order valence-electron chi connectivity index (χ4n) is 4.03. The third kappa shape index (κ3) is 5.36. The molecule has 3 fully saturated rings. The maximum atomic E-state index is 14.5. The van der Waals surface area contributed by atoms with E-state index in [0.717, 1.165) is 0 Å². The van der Waals surface area contributed by atoms with Crippen LogP contribution in [0.2, 0.25) is 0 Å². The molecule has 3 saturated heterocycles. The van der Waals surface area contributed by atoms with Crippen LogP contribution in [0.1, 0.15) is 0 Å². The Kier molecular flexibility index (Phi) is 9.51. The molecule has 15 atom stereocenters. The molecule has 0 amide bonds. The van der Waals surface area contributed by atoms with Crippen LogP contribution in [0.25, 0.3) is 0 Å². The highest BCUT2D eigenvalue weighted by molar-refractivity contribution is 4.96. The second kappa shape index (κ2) is 11.6.